The van der Waals surface area contributed by atoms with Crippen molar-refractivity contribution in [1.29, 1.82) is 0 Å². The molecule has 4 aromatic rings. The van der Waals surface area contributed by atoms with E-state index >= 15 is 0 Å². The van der Waals surface area contributed by atoms with Gasteiger partial charge in [-0.15, -0.1) is 0 Å². The van der Waals surface area contributed by atoms with Crippen molar-refractivity contribution < 1.29 is 4.74 Å². The molecule has 6 nitrogen and oxygen atoms in total. The molecule has 0 bridgehead atoms. The molecule has 0 saturated carbocycles. The minimum Gasteiger partial charge on any atom is -0.457 e. The Bertz CT molecular complexity index is 1250. The highest BCUT2D eigenvalue weighted by atomic mass is 16.5. The predicted octanol–water partition coefficient (Wildman–Crippen LogP) is 4.99. The average molecular weight is 397 g/mol. The number of ether oxygens (including phenoxy) is 1. The number of nitrogens with zero attached hydrogens (tertiary/aromatic N) is 5. The van der Waals surface area contributed by atoms with Gasteiger partial charge in [-0.1, -0.05) is 12.1 Å². The second kappa shape index (κ2) is 7.22. The van der Waals surface area contributed by atoms with Gasteiger partial charge in [-0.25, -0.2) is 4.98 Å². The van der Waals surface area contributed by atoms with E-state index in [1.165, 1.54) is 0 Å². The van der Waals surface area contributed by atoms with Crippen LogP contribution in [0.2, 0.25) is 0 Å². The van der Waals surface area contributed by atoms with Crippen LogP contribution in [0.1, 0.15) is 11.4 Å². The van der Waals surface area contributed by atoms with Crippen molar-refractivity contribution in [2.75, 3.05) is 18.6 Å². The first-order chi connectivity index (χ1) is 14.6. The first kappa shape index (κ1) is 18.2. The standard InChI is InChI=1S/C24H23N5O/c1-17-18(2)29-23(22-9-4-5-10-25-22)14-21(15-24(29)26-17)30-20-8-6-7-19(13-20)28-12-11-27(3)16-28/h4-15H,16H2,1-3H3. The van der Waals surface area contributed by atoms with Crippen LogP contribution in [0, 0.1) is 13.8 Å². The minimum absolute atomic E-state index is 0.736. The molecule has 0 unspecified atom stereocenters. The monoisotopic (exact) mass is 397 g/mol. The first-order valence-electron chi connectivity index (χ1n) is 9.93. The molecule has 3 aromatic heterocycles. The van der Waals surface area contributed by atoms with E-state index in [1.54, 1.807) is 6.20 Å². The summed E-state index contributed by atoms with van der Waals surface area (Å²) < 4.78 is 8.41. The van der Waals surface area contributed by atoms with E-state index in [4.69, 9.17) is 9.72 Å². The highest BCUT2D eigenvalue weighted by Crippen LogP contribution is 2.32. The molecule has 0 radical (unpaired) electrons. The molecule has 0 spiro atoms. The normalized spacial score (nSPS) is 13.4. The van der Waals surface area contributed by atoms with Crippen molar-refractivity contribution in [1.82, 2.24) is 19.3 Å². The zero-order valence-corrected chi connectivity index (χ0v) is 17.3. The Kier molecular flexibility index (Phi) is 4.39. The maximum Gasteiger partial charge on any atom is 0.141 e. The van der Waals surface area contributed by atoms with Gasteiger partial charge in [-0.2, -0.15) is 0 Å². The van der Waals surface area contributed by atoms with Crippen molar-refractivity contribution in [2.24, 2.45) is 0 Å². The van der Waals surface area contributed by atoms with Crippen LogP contribution < -0.4 is 9.64 Å². The van der Waals surface area contributed by atoms with Crippen LogP contribution in [0.4, 0.5) is 5.69 Å². The van der Waals surface area contributed by atoms with E-state index in [-0.39, 0.29) is 0 Å². The predicted molar refractivity (Wildman–Crippen MR) is 119 cm³/mol. The number of anilines is 1. The first-order valence-corrected chi connectivity index (χ1v) is 9.93. The van der Waals surface area contributed by atoms with Gasteiger partial charge in [0.1, 0.15) is 17.1 Å². The van der Waals surface area contributed by atoms with Gasteiger partial charge in [0.25, 0.3) is 0 Å². The van der Waals surface area contributed by atoms with Gasteiger partial charge < -0.3 is 14.5 Å². The van der Waals surface area contributed by atoms with E-state index in [2.05, 4.69) is 57.7 Å². The van der Waals surface area contributed by atoms with Gasteiger partial charge in [0.05, 0.1) is 23.8 Å². The van der Waals surface area contributed by atoms with Crippen LogP contribution in [0.15, 0.2) is 73.2 Å². The fraction of sp³-hybridized carbons (Fsp3) is 0.167. The number of hydrogen-bond donors (Lipinski definition) is 0. The second-order valence-corrected chi connectivity index (χ2v) is 7.53. The summed E-state index contributed by atoms with van der Waals surface area (Å²) >= 11 is 0. The summed E-state index contributed by atoms with van der Waals surface area (Å²) in [6.45, 7) is 4.92. The average Bonchev–Trinajstić information content (AvgIpc) is 3.31. The van der Waals surface area contributed by atoms with Gasteiger partial charge in [0, 0.05) is 55.2 Å². The number of aromatic nitrogens is 3. The third-order valence-electron chi connectivity index (χ3n) is 5.35. The summed E-state index contributed by atoms with van der Waals surface area (Å²) in [5, 5.41) is 0. The van der Waals surface area contributed by atoms with E-state index < -0.39 is 0 Å². The maximum atomic E-state index is 6.28. The molecule has 6 heteroatoms. The second-order valence-electron chi connectivity index (χ2n) is 7.53. The molecule has 1 aliphatic rings. The van der Waals surface area contributed by atoms with Crippen molar-refractivity contribution in [3.05, 3.63) is 84.6 Å². The van der Waals surface area contributed by atoms with Crippen LogP contribution in [0.25, 0.3) is 17.0 Å². The third kappa shape index (κ3) is 3.26. The number of imidazole rings is 1. The molecular weight excluding hydrogens is 374 g/mol. The summed E-state index contributed by atoms with van der Waals surface area (Å²) in [6, 6.07) is 18.0. The Balaban J connectivity index is 1.55. The number of rotatable bonds is 4. The van der Waals surface area contributed by atoms with Crippen LogP contribution in [0.3, 0.4) is 0 Å². The smallest absolute Gasteiger partial charge is 0.141 e. The fourth-order valence-electron chi connectivity index (χ4n) is 3.73. The van der Waals surface area contributed by atoms with Gasteiger partial charge in [0.15, 0.2) is 0 Å². The molecule has 0 aliphatic carbocycles. The number of pyridine rings is 2. The van der Waals surface area contributed by atoms with Gasteiger partial charge >= 0.3 is 0 Å². The van der Waals surface area contributed by atoms with Gasteiger partial charge in [-0.3, -0.25) is 9.38 Å². The summed E-state index contributed by atoms with van der Waals surface area (Å²) in [5.74, 6) is 1.52. The van der Waals surface area contributed by atoms with Gasteiger partial charge in [-0.05, 0) is 38.1 Å². The Morgan fingerprint density at radius 3 is 2.60 bits per heavy atom. The lowest BCUT2D eigenvalue weighted by molar-refractivity contribution is 0.480. The maximum absolute atomic E-state index is 6.28. The topological polar surface area (TPSA) is 45.9 Å². The molecule has 0 N–H and O–H groups in total. The molecular formula is C24H23N5O. The van der Waals surface area contributed by atoms with Crippen LogP contribution >= 0.6 is 0 Å². The van der Waals surface area contributed by atoms with E-state index in [0.29, 0.717) is 0 Å². The van der Waals surface area contributed by atoms with Crippen molar-refractivity contribution in [2.45, 2.75) is 13.8 Å². The van der Waals surface area contributed by atoms with Crippen LogP contribution in [0.5, 0.6) is 11.5 Å². The summed E-state index contributed by atoms with van der Waals surface area (Å²) in [7, 11) is 2.06. The Morgan fingerprint density at radius 2 is 1.83 bits per heavy atom. The number of hydrogen-bond acceptors (Lipinski definition) is 5. The molecule has 30 heavy (non-hydrogen) atoms. The highest BCUT2D eigenvalue weighted by Gasteiger charge is 2.15. The van der Waals surface area contributed by atoms with Crippen molar-refractivity contribution in [3.8, 4) is 22.9 Å². The summed E-state index contributed by atoms with van der Waals surface area (Å²) in [4.78, 5) is 13.6. The minimum atomic E-state index is 0.736. The third-order valence-corrected chi connectivity index (χ3v) is 5.35. The van der Waals surface area contributed by atoms with Crippen LogP contribution in [-0.2, 0) is 0 Å². The molecule has 0 atom stereocenters. The summed E-state index contributed by atoms with van der Waals surface area (Å²) in [5.41, 5.74) is 5.88. The van der Waals surface area contributed by atoms with Crippen molar-refractivity contribution in [3.63, 3.8) is 0 Å². The SMILES string of the molecule is Cc1nc2cc(Oc3cccc(N4C=CN(C)C4)c3)cc(-c3ccccn3)n2c1C. The van der Waals surface area contributed by atoms with E-state index in [1.807, 2.05) is 49.4 Å². The number of fused-ring (bicyclic) bond motifs is 1. The molecule has 0 fully saturated rings. The van der Waals surface area contributed by atoms with Crippen LogP contribution in [-0.4, -0.2) is 33.0 Å². The van der Waals surface area contributed by atoms with Gasteiger partial charge in [0.2, 0.25) is 0 Å². The number of benzene rings is 1. The molecule has 4 heterocycles. The molecule has 1 aromatic carbocycles. The quantitative estimate of drug-likeness (QED) is 0.486. The molecule has 150 valence electrons. The van der Waals surface area contributed by atoms with Crippen molar-refractivity contribution >= 4 is 11.3 Å². The van der Waals surface area contributed by atoms with E-state index in [0.717, 1.165) is 52.3 Å². The number of aryl methyl sites for hydroxylation is 2. The lowest BCUT2D eigenvalue weighted by atomic mass is 10.2. The zero-order chi connectivity index (χ0) is 20.7. The lowest BCUT2D eigenvalue weighted by Crippen LogP contribution is -2.21. The Hall–Kier alpha value is -3.80. The van der Waals surface area contributed by atoms with E-state index in [9.17, 15) is 0 Å². The summed E-state index contributed by atoms with van der Waals surface area (Å²) in [6.07, 6.45) is 5.93. The largest absolute Gasteiger partial charge is 0.457 e. The fourth-order valence-corrected chi connectivity index (χ4v) is 3.73. The molecule has 1 aliphatic heterocycles. The molecule has 5 rings (SSSR count). The lowest BCUT2D eigenvalue weighted by Gasteiger charge is -2.19. The molecule has 0 amide bonds. The Labute approximate surface area is 175 Å². The Morgan fingerprint density at radius 1 is 0.933 bits per heavy atom. The molecule has 0 saturated heterocycles. The zero-order valence-electron chi connectivity index (χ0n) is 17.3. The highest BCUT2D eigenvalue weighted by molar-refractivity contribution is 5.65.